The monoisotopic (exact) mass is 375 g/mol. The van der Waals surface area contributed by atoms with E-state index < -0.39 is 29.3 Å². The van der Waals surface area contributed by atoms with Crippen molar-refractivity contribution in [3.8, 4) is 0 Å². The normalized spacial score (nSPS) is 20.5. The van der Waals surface area contributed by atoms with E-state index in [-0.39, 0.29) is 30.7 Å². The van der Waals surface area contributed by atoms with Crippen LogP contribution in [-0.4, -0.2) is 29.3 Å². The van der Waals surface area contributed by atoms with Crippen LogP contribution in [0.15, 0.2) is 53.6 Å². The Bertz CT molecular complexity index is 872. The van der Waals surface area contributed by atoms with E-state index in [1.807, 2.05) is 0 Å². The molecule has 1 heterocycles. The van der Waals surface area contributed by atoms with Crippen molar-refractivity contribution in [1.29, 1.82) is 0 Å². The Labute approximate surface area is 155 Å². The number of nitrogens with zero attached hydrogens (tertiary/aromatic N) is 2. The van der Waals surface area contributed by atoms with Gasteiger partial charge < -0.3 is 5.73 Å². The van der Waals surface area contributed by atoms with E-state index in [0.29, 0.717) is 5.56 Å². The van der Waals surface area contributed by atoms with Crippen molar-refractivity contribution >= 4 is 11.6 Å². The number of hydrogen-bond acceptors (Lipinski definition) is 3. The van der Waals surface area contributed by atoms with Crippen molar-refractivity contribution in [2.75, 3.05) is 6.54 Å². The van der Waals surface area contributed by atoms with Crippen molar-refractivity contribution in [3.05, 3.63) is 71.3 Å². The minimum Gasteiger partial charge on any atom is -0.328 e. The maximum atomic E-state index is 14.4. The number of nitrogens with two attached hydrogens (primary N) is 1. The Morgan fingerprint density at radius 1 is 1.26 bits per heavy atom. The molecule has 0 spiro atoms. The molecule has 0 radical (unpaired) electrons. The molecule has 2 atom stereocenters. The van der Waals surface area contributed by atoms with E-state index in [1.165, 1.54) is 11.9 Å². The molecule has 142 valence electrons. The van der Waals surface area contributed by atoms with Gasteiger partial charge in [0.05, 0.1) is 11.3 Å². The third-order valence-electron chi connectivity index (χ3n) is 4.75. The molecule has 1 amide bonds. The first kappa shape index (κ1) is 19.1. The highest BCUT2D eigenvalue weighted by Gasteiger charge is 2.48. The standard InChI is InChI=1S/C20H20F3N3O/c1-13(27)26-20(10-16(22)12-24,14-5-3-2-4-6-14)11-19(25-26)17-9-15(21)7-8-18(17)23/h2-9,16H,10-12,24H2,1H3/t16-,20-/m0/s1. The summed E-state index contributed by atoms with van der Waals surface area (Å²) in [6, 6.07) is 11.9. The summed E-state index contributed by atoms with van der Waals surface area (Å²) >= 11 is 0. The second kappa shape index (κ2) is 7.52. The molecule has 0 aromatic heterocycles. The van der Waals surface area contributed by atoms with Gasteiger partial charge in [-0.15, -0.1) is 0 Å². The Hall–Kier alpha value is -2.67. The van der Waals surface area contributed by atoms with E-state index in [2.05, 4.69) is 5.10 Å². The summed E-state index contributed by atoms with van der Waals surface area (Å²) in [7, 11) is 0. The Kier molecular flexibility index (Phi) is 5.32. The smallest absolute Gasteiger partial charge is 0.240 e. The van der Waals surface area contributed by atoms with Crippen molar-refractivity contribution in [2.24, 2.45) is 10.8 Å². The fourth-order valence-corrected chi connectivity index (χ4v) is 3.54. The first-order valence-electron chi connectivity index (χ1n) is 8.61. The molecule has 1 aliphatic rings. The molecule has 0 saturated heterocycles. The zero-order chi connectivity index (χ0) is 19.6. The average molecular weight is 375 g/mol. The van der Waals surface area contributed by atoms with Crippen LogP contribution in [0.5, 0.6) is 0 Å². The van der Waals surface area contributed by atoms with Gasteiger partial charge in [0.25, 0.3) is 0 Å². The van der Waals surface area contributed by atoms with Crippen molar-refractivity contribution in [3.63, 3.8) is 0 Å². The lowest BCUT2D eigenvalue weighted by Gasteiger charge is -2.37. The first-order valence-corrected chi connectivity index (χ1v) is 8.61. The van der Waals surface area contributed by atoms with Gasteiger partial charge in [0, 0.05) is 31.9 Å². The predicted molar refractivity (Wildman–Crippen MR) is 96.7 cm³/mol. The van der Waals surface area contributed by atoms with Crippen molar-refractivity contribution < 1.29 is 18.0 Å². The van der Waals surface area contributed by atoms with Crippen molar-refractivity contribution in [1.82, 2.24) is 5.01 Å². The fourth-order valence-electron chi connectivity index (χ4n) is 3.54. The molecule has 2 aromatic rings. The molecule has 4 nitrogen and oxygen atoms in total. The van der Waals surface area contributed by atoms with Gasteiger partial charge in [-0.1, -0.05) is 30.3 Å². The van der Waals surface area contributed by atoms with Gasteiger partial charge in [0.2, 0.25) is 5.91 Å². The van der Waals surface area contributed by atoms with Gasteiger partial charge in [-0.25, -0.2) is 18.2 Å². The van der Waals surface area contributed by atoms with Crippen LogP contribution in [0.1, 0.15) is 30.9 Å². The van der Waals surface area contributed by atoms with E-state index in [1.54, 1.807) is 30.3 Å². The second-order valence-corrected chi connectivity index (χ2v) is 6.61. The molecule has 1 aliphatic heterocycles. The topological polar surface area (TPSA) is 58.7 Å². The number of amides is 1. The van der Waals surface area contributed by atoms with E-state index >= 15 is 0 Å². The maximum absolute atomic E-state index is 14.4. The molecule has 7 heteroatoms. The molecular weight excluding hydrogens is 355 g/mol. The number of benzene rings is 2. The number of hydrazone groups is 1. The van der Waals surface area contributed by atoms with Gasteiger partial charge in [-0.2, -0.15) is 5.10 Å². The van der Waals surface area contributed by atoms with Crippen LogP contribution >= 0.6 is 0 Å². The Balaban J connectivity index is 2.13. The van der Waals surface area contributed by atoms with Crippen LogP contribution in [0.2, 0.25) is 0 Å². The molecular formula is C20H20F3N3O. The van der Waals surface area contributed by atoms with Crippen LogP contribution in [0.25, 0.3) is 0 Å². The second-order valence-electron chi connectivity index (χ2n) is 6.61. The summed E-state index contributed by atoms with van der Waals surface area (Å²) < 4.78 is 42.3. The molecule has 2 aromatic carbocycles. The zero-order valence-corrected chi connectivity index (χ0v) is 14.8. The summed E-state index contributed by atoms with van der Waals surface area (Å²) in [6.07, 6.45) is -1.44. The van der Waals surface area contributed by atoms with Crippen LogP contribution in [-0.2, 0) is 10.3 Å². The molecule has 0 fully saturated rings. The van der Waals surface area contributed by atoms with Crippen LogP contribution in [0.4, 0.5) is 13.2 Å². The highest BCUT2D eigenvalue weighted by molar-refractivity contribution is 6.04. The summed E-state index contributed by atoms with van der Waals surface area (Å²) in [4.78, 5) is 12.3. The van der Waals surface area contributed by atoms with Crippen LogP contribution in [0, 0.1) is 11.6 Å². The lowest BCUT2D eigenvalue weighted by molar-refractivity contribution is -0.135. The molecule has 0 aliphatic carbocycles. The third kappa shape index (κ3) is 3.60. The quantitative estimate of drug-likeness (QED) is 0.870. The molecule has 2 N–H and O–H groups in total. The number of carbonyl (C=O) groups excluding carboxylic acids is 1. The molecule has 27 heavy (non-hydrogen) atoms. The molecule has 0 unspecified atom stereocenters. The van der Waals surface area contributed by atoms with E-state index in [0.717, 1.165) is 18.2 Å². The summed E-state index contributed by atoms with van der Waals surface area (Å²) in [5.74, 6) is -1.70. The number of hydrogen-bond donors (Lipinski definition) is 1. The number of alkyl halides is 1. The molecule has 0 bridgehead atoms. The largest absolute Gasteiger partial charge is 0.328 e. The summed E-state index contributed by atoms with van der Waals surface area (Å²) in [6.45, 7) is 1.09. The van der Waals surface area contributed by atoms with Crippen LogP contribution < -0.4 is 5.73 Å². The van der Waals surface area contributed by atoms with E-state index in [4.69, 9.17) is 5.73 Å². The minimum absolute atomic E-state index is 0.0396. The van der Waals surface area contributed by atoms with Gasteiger partial charge in [-0.05, 0) is 23.8 Å². The van der Waals surface area contributed by atoms with Gasteiger partial charge >= 0.3 is 0 Å². The van der Waals surface area contributed by atoms with E-state index in [9.17, 15) is 18.0 Å². The molecule has 3 rings (SSSR count). The third-order valence-corrected chi connectivity index (χ3v) is 4.75. The fraction of sp³-hybridized carbons (Fsp3) is 0.300. The number of carbonyl (C=O) groups is 1. The maximum Gasteiger partial charge on any atom is 0.240 e. The van der Waals surface area contributed by atoms with Crippen LogP contribution in [0.3, 0.4) is 0 Å². The number of rotatable bonds is 5. The Morgan fingerprint density at radius 2 is 1.96 bits per heavy atom. The highest BCUT2D eigenvalue weighted by atomic mass is 19.1. The Morgan fingerprint density at radius 3 is 2.59 bits per heavy atom. The zero-order valence-electron chi connectivity index (χ0n) is 14.8. The minimum atomic E-state index is -1.39. The van der Waals surface area contributed by atoms with Crippen molar-refractivity contribution in [2.45, 2.75) is 31.5 Å². The summed E-state index contributed by atoms with van der Waals surface area (Å²) in [5, 5.41) is 5.43. The lowest BCUT2D eigenvalue weighted by atomic mass is 9.79. The average Bonchev–Trinajstić information content (AvgIpc) is 3.05. The molecule has 0 saturated carbocycles. The SMILES string of the molecule is CC(=O)N1N=C(c2cc(F)ccc2F)C[C@@]1(C[C@H](F)CN)c1ccccc1. The summed E-state index contributed by atoms with van der Waals surface area (Å²) in [5.41, 5.74) is 5.13. The number of halogens is 3. The first-order chi connectivity index (χ1) is 12.9. The van der Waals surface area contributed by atoms with Gasteiger partial charge in [0.15, 0.2) is 0 Å². The van der Waals surface area contributed by atoms with Gasteiger partial charge in [-0.3, -0.25) is 4.79 Å². The van der Waals surface area contributed by atoms with Gasteiger partial charge in [0.1, 0.15) is 17.8 Å². The highest BCUT2D eigenvalue weighted by Crippen LogP contribution is 2.43. The lowest BCUT2D eigenvalue weighted by Crippen LogP contribution is -2.45. The predicted octanol–water partition coefficient (Wildman–Crippen LogP) is 3.50.